The lowest BCUT2D eigenvalue weighted by Crippen LogP contribution is -2.53. The number of hydrogen-bond acceptors (Lipinski definition) is 3. The van der Waals surface area contributed by atoms with Gasteiger partial charge >= 0.3 is 6.18 Å². The second kappa shape index (κ2) is 7.50. The van der Waals surface area contributed by atoms with E-state index in [0.29, 0.717) is 6.07 Å². The van der Waals surface area contributed by atoms with E-state index in [1.165, 1.54) is 0 Å². The van der Waals surface area contributed by atoms with E-state index < -0.39 is 32.1 Å². The number of carbonyl (C=O) groups is 1. The van der Waals surface area contributed by atoms with Crippen molar-refractivity contribution in [3.05, 3.63) is 28.8 Å². The molecule has 0 atom stereocenters. The number of carbonyl (C=O) groups excluding carboxylic acids is 1. The van der Waals surface area contributed by atoms with Gasteiger partial charge in [-0.1, -0.05) is 31.4 Å². The number of alkyl halides is 3. The predicted octanol–water partition coefficient (Wildman–Crippen LogP) is 3.77. The molecule has 0 radical (unpaired) electrons. The number of benzene rings is 1. The number of hydrogen-bond donors (Lipinski definition) is 0. The van der Waals surface area contributed by atoms with Gasteiger partial charge < -0.3 is 4.90 Å². The van der Waals surface area contributed by atoms with Crippen LogP contribution in [-0.2, 0) is 21.0 Å². The third-order valence-electron chi connectivity index (χ3n) is 5.63. The van der Waals surface area contributed by atoms with Gasteiger partial charge in [-0.15, -0.1) is 0 Å². The smallest absolute Gasteiger partial charge is 0.340 e. The van der Waals surface area contributed by atoms with Gasteiger partial charge in [0.25, 0.3) is 0 Å². The first-order chi connectivity index (χ1) is 12.9. The molecule has 1 aromatic carbocycles. The summed E-state index contributed by atoms with van der Waals surface area (Å²) in [7, 11) is -4.20. The lowest BCUT2D eigenvalue weighted by molar-refractivity contribution is -0.142. The SMILES string of the molecule is CC1(C(=O)N2CCN(S(=O)(=O)c3cc(C(F)(F)F)ccc3Cl)CC2)CCCC1. The van der Waals surface area contributed by atoms with E-state index in [0.717, 1.165) is 42.1 Å². The van der Waals surface area contributed by atoms with E-state index >= 15 is 0 Å². The molecule has 2 aliphatic rings. The molecule has 0 unspecified atom stereocenters. The molecule has 1 amide bonds. The van der Waals surface area contributed by atoms with E-state index in [2.05, 4.69) is 0 Å². The Morgan fingerprint density at radius 2 is 1.68 bits per heavy atom. The Labute approximate surface area is 167 Å². The Hall–Kier alpha value is -1.32. The Morgan fingerprint density at radius 1 is 1.11 bits per heavy atom. The highest BCUT2D eigenvalue weighted by Gasteiger charge is 2.41. The molecule has 0 bridgehead atoms. The van der Waals surface area contributed by atoms with Crippen molar-refractivity contribution in [2.45, 2.75) is 43.7 Å². The average molecular weight is 439 g/mol. The maximum Gasteiger partial charge on any atom is 0.416 e. The van der Waals surface area contributed by atoms with Gasteiger partial charge in [0.05, 0.1) is 10.6 Å². The molecule has 3 rings (SSSR count). The normalized spacial score (nSPS) is 21.1. The Balaban J connectivity index is 1.76. The van der Waals surface area contributed by atoms with E-state index in [4.69, 9.17) is 11.6 Å². The number of sulfonamides is 1. The van der Waals surface area contributed by atoms with Crippen LogP contribution in [0.3, 0.4) is 0 Å². The lowest BCUT2D eigenvalue weighted by Gasteiger charge is -2.38. The van der Waals surface area contributed by atoms with Crippen molar-refractivity contribution >= 4 is 27.5 Å². The van der Waals surface area contributed by atoms with Gasteiger partial charge in [-0.2, -0.15) is 17.5 Å². The van der Waals surface area contributed by atoms with Crippen molar-refractivity contribution in [3.63, 3.8) is 0 Å². The summed E-state index contributed by atoms with van der Waals surface area (Å²) in [6.07, 6.45) is -1.01. The minimum atomic E-state index is -4.67. The van der Waals surface area contributed by atoms with Crippen LogP contribution in [0.2, 0.25) is 5.02 Å². The molecule has 1 aliphatic carbocycles. The van der Waals surface area contributed by atoms with Crippen molar-refractivity contribution in [2.75, 3.05) is 26.2 Å². The number of rotatable bonds is 3. The quantitative estimate of drug-likeness (QED) is 0.721. The maximum absolute atomic E-state index is 13.0. The maximum atomic E-state index is 13.0. The summed E-state index contributed by atoms with van der Waals surface area (Å²) in [6.45, 7) is 2.41. The molecule has 0 aromatic heterocycles. The van der Waals surface area contributed by atoms with E-state index in [9.17, 15) is 26.4 Å². The van der Waals surface area contributed by atoms with E-state index in [1.807, 2.05) is 6.92 Å². The molecule has 5 nitrogen and oxygen atoms in total. The molecule has 10 heteroatoms. The van der Waals surface area contributed by atoms with Crippen LogP contribution in [0, 0.1) is 5.41 Å². The summed E-state index contributed by atoms with van der Waals surface area (Å²) in [6, 6.07) is 2.26. The predicted molar refractivity (Wildman–Crippen MR) is 98.4 cm³/mol. The number of halogens is 4. The number of piperazine rings is 1. The van der Waals surface area contributed by atoms with Crippen LogP contribution in [0.5, 0.6) is 0 Å². The van der Waals surface area contributed by atoms with Gasteiger partial charge in [-0.05, 0) is 31.0 Å². The number of amides is 1. The summed E-state index contributed by atoms with van der Waals surface area (Å²) >= 11 is 5.90. The first kappa shape index (κ1) is 21.4. The second-order valence-electron chi connectivity index (χ2n) is 7.61. The average Bonchev–Trinajstić information content (AvgIpc) is 3.08. The van der Waals surface area contributed by atoms with Crippen LogP contribution in [-0.4, -0.2) is 49.7 Å². The van der Waals surface area contributed by atoms with Gasteiger partial charge in [0, 0.05) is 31.6 Å². The molecule has 1 heterocycles. The fourth-order valence-electron chi connectivity index (χ4n) is 3.90. The van der Waals surface area contributed by atoms with Crippen LogP contribution in [0.25, 0.3) is 0 Å². The lowest BCUT2D eigenvalue weighted by atomic mass is 9.87. The molecule has 1 saturated carbocycles. The zero-order chi connectivity index (χ0) is 20.7. The summed E-state index contributed by atoms with van der Waals surface area (Å²) in [5.74, 6) is 0.0270. The van der Waals surface area contributed by atoms with Gasteiger partial charge in [-0.25, -0.2) is 8.42 Å². The molecule has 1 aliphatic heterocycles. The third-order valence-corrected chi connectivity index (χ3v) is 8.01. The number of nitrogens with zero attached hydrogens (tertiary/aromatic N) is 2. The molecule has 28 heavy (non-hydrogen) atoms. The molecule has 1 saturated heterocycles. The van der Waals surface area contributed by atoms with Crippen molar-refractivity contribution in [2.24, 2.45) is 5.41 Å². The Morgan fingerprint density at radius 3 is 2.21 bits per heavy atom. The van der Waals surface area contributed by atoms with Gasteiger partial charge in [-0.3, -0.25) is 4.79 Å². The first-order valence-corrected chi connectivity index (χ1v) is 10.9. The fraction of sp³-hybridized carbons (Fsp3) is 0.611. The highest BCUT2D eigenvalue weighted by molar-refractivity contribution is 7.89. The molecule has 2 fully saturated rings. The topological polar surface area (TPSA) is 57.7 Å². The van der Waals surface area contributed by atoms with Gasteiger partial charge in [0.15, 0.2) is 0 Å². The highest BCUT2D eigenvalue weighted by atomic mass is 35.5. The molecular formula is C18H22ClF3N2O3S. The summed E-state index contributed by atoms with van der Waals surface area (Å²) < 4.78 is 65.7. The Kier molecular flexibility index (Phi) is 5.73. The van der Waals surface area contributed by atoms with E-state index in [-0.39, 0.29) is 37.1 Å². The monoisotopic (exact) mass is 438 g/mol. The third kappa shape index (κ3) is 4.02. The molecule has 0 N–H and O–H groups in total. The minimum Gasteiger partial charge on any atom is -0.340 e. The van der Waals surface area contributed by atoms with Crippen molar-refractivity contribution in [1.82, 2.24) is 9.21 Å². The highest BCUT2D eigenvalue weighted by Crippen LogP contribution is 2.39. The van der Waals surface area contributed by atoms with Crippen LogP contribution in [0.15, 0.2) is 23.1 Å². The second-order valence-corrected chi connectivity index (χ2v) is 9.92. The van der Waals surface area contributed by atoms with Crippen molar-refractivity contribution in [3.8, 4) is 0 Å². The summed E-state index contributed by atoms with van der Waals surface area (Å²) in [5, 5.41) is -0.259. The Bertz CT molecular complexity index is 859. The standard InChI is InChI=1S/C18H22ClF3N2O3S/c1-17(6-2-3-7-17)16(25)23-8-10-24(11-9-23)28(26,27)15-12-13(18(20,21)22)4-5-14(15)19/h4-5,12H,2-3,6-11H2,1H3. The van der Waals surface area contributed by atoms with Crippen LogP contribution in [0.1, 0.15) is 38.2 Å². The minimum absolute atomic E-state index is 0.0245. The van der Waals surface area contributed by atoms with Crippen molar-refractivity contribution in [1.29, 1.82) is 0 Å². The zero-order valence-corrected chi connectivity index (χ0v) is 17.0. The first-order valence-electron chi connectivity index (χ1n) is 9.11. The van der Waals surface area contributed by atoms with Crippen LogP contribution < -0.4 is 0 Å². The fourth-order valence-corrected chi connectivity index (χ4v) is 5.82. The van der Waals surface area contributed by atoms with Crippen LogP contribution >= 0.6 is 11.6 Å². The largest absolute Gasteiger partial charge is 0.416 e. The van der Waals surface area contributed by atoms with E-state index in [1.54, 1.807) is 4.90 Å². The molecular weight excluding hydrogens is 417 g/mol. The van der Waals surface area contributed by atoms with Gasteiger partial charge in [0.1, 0.15) is 4.90 Å². The van der Waals surface area contributed by atoms with Crippen LogP contribution in [0.4, 0.5) is 13.2 Å². The summed E-state index contributed by atoms with van der Waals surface area (Å²) in [4.78, 5) is 13.9. The molecule has 1 aromatic rings. The van der Waals surface area contributed by atoms with Crippen molar-refractivity contribution < 1.29 is 26.4 Å². The zero-order valence-electron chi connectivity index (χ0n) is 15.4. The van der Waals surface area contributed by atoms with Gasteiger partial charge in [0.2, 0.25) is 15.9 Å². The molecule has 156 valence electrons. The molecule has 0 spiro atoms. The summed E-state index contributed by atoms with van der Waals surface area (Å²) in [5.41, 5.74) is -1.47.